The summed E-state index contributed by atoms with van der Waals surface area (Å²) in [5.74, 6) is 0.941. The summed E-state index contributed by atoms with van der Waals surface area (Å²) in [4.78, 5) is 2.54. The summed E-state index contributed by atoms with van der Waals surface area (Å²) in [6, 6.07) is 9.46. The average Bonchev–Trinajstić information content (AvgIpc) is 2.47. The summed E-state index contributed by atoms with van der Waals surface area (Å²) in [6.07, 6.45) is 6.92. The van der Waals surface area contributed by atoms with Crippen LogP contribution in [0.2, 0.25) is 0 Å². The Morgan fingerprint density at radius 3 is 2.79 bits per heavy atom. The first-order valence-electron chi connectivity index (χ1n) is 7.71. The number of hydrogen-bond acceptors (Lipinski definition) is 2. The van der Waals surface area contributed by atoms with E-state index in [1.165, 1.54) is 43.2 Å². The van der Waals surface area contributed by atoms with E-state index in [4.69, 9.17) is 5.73 Å². The largest absolute Gasteiger partial charge is 0.326 e. The van der Waals surface area contributed by atoms with E-state index in [-0.39, 0.29) is 0 Å². The van der Waals surface area contributed by atoms with Crippen LogP contribution in [0.15, 0.2) is 24.3 Å². The molecule has 2 unspecified atom stereocenters. The third-order valence-electron chi connectivity index (χ3n) is 4.61. The Kier molecular flexibility index (Phi) is 5.41. The van der Waals surface area contributed by atoms with Gasteiger partial charge in [0.1, 0.15) is 0 Å². The Hall–Kier alpha value is -0.860. The Morgan fingerprint density at radius 1 is 1.26 bits per heavy atom. The second-order valence-corrected chi connectivity index (χ2v) is 6.03. The molecule has 1 aromatic rings. The lowest BCUT2D eigenvalue weighted by Gasteiger charge is -2.35. The highest BCUT2D eigenvalue weighted by Gasteiger charge is 2.23. The summed E-state index contributed by atoms with van der Waals surface area (Å²) in [6.45, 7) is 4.02. The Morgan fingerprint density at radius 2 is 2.05 bits per heavy atom. The number of rotatable bonds is 5. The molecule has 0 saturated heterocycles. The minimum atomic E-state index is 0.638. The summed E-state index contributed by atoms with van der Waals surface area (Å²) in [7, 11) is 2.28. The van der Waals surface area contributed by atoms with Crippen molar-refractivity contribution in [3.63, 3.8) is 0 Å². The van der Waals surface area contributed by atoms with Crippen molar-refractivity contribution in [2.45, 2.75) is 58.2 Å². The molecule has 2 heteroatoms. The molecule has 0 aliphatic heterocycles. The van der Waals surface area contributed by atoms with Crippen molar-refractivity contribution in [1.82, 2.24) is 4.90 Å². The standard InChI is InChI=1S/C17H28N2/c1-3-14-6-5-9-17(11-14)19(2)13-16-8-4-7-15(10-16)12-18/h4,7-8,10,14,17H,3,5-6,9,11-13,18H2,1-2H3. The van der Waals surface area contributed by atoms with Crippen molar-refractivity contribution >= 4 is 0 Å². The minimum Gasteiger partial charge on any atom is -0.326 e. The molecule has 0 bridgehead atoms. The van der Waals surface area contributed by atoms with Gasteiger partial charge < -0.3 is 5.73 Å². The maximum absolute atomic E-state index is 5.71. The van der Waals surface area contributed by atoms with E-state index in [2.05, 4.69) is 43.1 Å². The van der Waals surface area contributed by atoms with E-state index >= 15 is 0 Å². The zero-order valence-corrected chi connectivity index (χ0v) is 12.4. The molecule has 1 saturated carbocycles. The second kappa shape index (κ2) is 7.06. The fourth-order valence-corrected chi connectivity index (χ4v) is 3.31. The van der Waals surface area contributed by atoms with Crippen LogP contribution >= 0.6 is 0 Å². The van der Waals surface area contributed by atoms with Gasteiger partial charge in [0.05, 0.1) is 0 Å². The zero-order chi connectivity index (χ0) is 13.7. The van der Waals surface area contributed by atoms with Crippen molar-refractivity contribution in [2.75, 3.05) is 7.05 Å². The molecule has 2 nitrogen and oxygen atoms in total. The molecule has 0 heterocycles. The molecule has 0 spiro atoms. The minimum absolute atomic E-state index is 0.638. The van der Waals surface area contributed by atoms with E-state index in [9.17, 15) is 0 Å². The third kappa shape index (κ3) is 4.05. The maximum atomic E-state index is 5.71. The molecule has 0 radical (unpaired) electrons. The molecule has 1 aromatic carbocycles. The quantitative estimate of drug-likeness (QED) is 0.877. The van der Waals surface area contributed by atoms with Gasteiger partial charge in [-0.15, -0.1) is 0 Å². The number of hydrogen-bond donors (Lipinski definition) is 1. The highest BCUT2D eigenvalue weighted by molar-refractivity contribution is 5.23. The molecule has 2 atom stereocenters. The van der Waals surface area contributed by atoms with Gasteiger partial charge in [0, 0.05) is 19.1 Å². The van der Waals surface area contributed by atoms with Crippen molar-refractivity contribution in [3.8, 4) is 0 Å². The predicted octanol–water partition coefficient (Wildman–Crippen LogP) is 3.55. The van der Waals surface area contributed by atoms with Gasteiger partial charge in [-0.05, 0) is 36.9 Å². The number of nitrogens with two attached hydrogens (primary N) is 1. The summed E-state index contributed by atoms with van der Waals surface area (Å²) < 4.78 is 0. The van der Waals surface area contributed by atoms with E-state index < -0.39 is 0 Å². The lowest BCUT2D eigenvalue weighted by atomic mass is 9.83. The molecule has 106 valence electrons. The second-order valence-electron chi connectivity index (χ2n) is 6.03. The van der Waals surface area contributed by atoms with Crippen LogP contribution in [0.25, 0.3) is 0 Å². The first-order valence-corrected chi connectivity index (χ1v) is 7.71. The van der Waals surface area contributed by atoms with Crippen LogP contribution in [0.1, 0.15) is 50.2 Å². The number of benzene rings is 1. The van der Waals surface area contributed by atoms with Crippen molar-refractivity contribution in [3.05, 3.63) is 35.4 Å². The molecule has 2 N–H and O–H groups in total. The topological polar surface area (TPSA) is 29.3 Å². The molecule has 19 heavy (non-hydrogen) atoms. The van der Waals surface area contributed by atoms with Gasteiger partial charge in [0.25, 0.3) is 0 Å². The van der Waals surface area contributed by atoms with Gasteiger partial charge in [-0.25, -0.2) is 0 Å². The van der Waals surface area contributed by atoms with E-state index in [0.717, 1.165) is 18.5 Å². The molecule has 2 rings (SSSR count). The molecular formula is C17H28N2. The SMILES string of the molecule is CCC1CCCC(N(C)Cc2cccc(CN)c2)C1. The Balaban J connectivity index is 1.94. The van der Waals surface area contributed by atoms with E-state index in [0.29, 0.717) is 6.54 Å². The summed E-state index contributed by atoms with van der Waals surface area (Å²) in [5.41, 5.74) is 8.34. The van der Waals surface area contributed by atoms with Crippen LogP contribution in [-0.2, 0) is 13.1 Å². The zero-order valence-electron chi connectivity index (χ0n) is 12.4. The Labute approximate surface area is 118 Å². The fourth-order valence-electron chi connectivity index (χ4n) is 3.31. The fraction of sp³-hybridized carbons (Fsp3) is 0.647. The first-order chi connectivity index (χ1) is 9.22. The van der Waals surface area contributed by atoms with E-state index in [1.54, 1.807) is 0 Å². The van der Waals surface area contributed by atoms with Crippen LogP contribution in [0.4, 0.5) is 0 Å². The van der Waals surface area contributed by atoms with Crippen LogP contribution in [0.3, 0.4) is 0 Å². The third-order valence-corrected chi connectivity index (χ3v) is 4.61. The smallest absolute Gasteiger partial charge is 0.0233 e. The van der Waals surface area contributed by atoms with Gasteiger partial charge in [-0.1, -0.05) is 50.5 Å². The number of nitrogens with zero attached hydrogens (tertiary/aromatic N) is 1. The van der Waals surface area contributed by atoms with Gasteiger partial charge in [-0.3, -0.25) is 4.90 Å². The first kappa shape index (κ1) is 14.5. The van der Waals surface area contributed by atoms with E-state index in [1.807, 2.05) is 0 Å². The molecule has 1 aliphatic rings. The normalized spacial score (nSPS) is 23.8. The molecule has 0 aromatic heterocycles. The lowest BCUT2D eigenvalue weighted by Crippen LogP contribution is -2.35. The van der Waals surface area contributed by atoms with Crippen LogP contribution < -0.4 is 5.73 Å². The van der Waals surface area contributed by atoms with Crippen LogP contribution in [-0.4, -0.2) is 18.0 Å². The highest BCUT2D eigenvalue weighted by Crippen LogP contribution is 2.29. The van der Waals surface area contributed by atoms with Gasteiger partial charge in [0.2, 0.25) is 0 Å². The van der Waals surface area contributed by atoms with Crippen molar-refractivity contribution in [1.29, 1.82) is 0 Å². The molecular weight excluding hydrogens is 232 g/mol. The predicted molar refractivity (Wildman–Crippen MR) is 81.8 cm³/mol. The monoisotopic (exact) mass is 260 g/mol. The van der Waals surface area contributed by atoms with Crippen molar-refractivity contribution in [2.24, 2.45) is 11.7 Å². The molecule has 1 aliphatic carbocycles. The van der Waals surface area contributed by atoms with Gasteiger partial charge in [-0.2, -0.15) is 0 Å². The maximum Gasteiger partial charge on any atom is 0.0233 e. The highest BCUT2D eigenvalue weighted by atomic mass is 15.1. The van der Waals surface area contributed by atoms with Gasteiger partial charge in [0.15, 0.2) is 0 Å². The average molecular weight is 260 g/mol. The van der Waals surface area contributed by atoms with Crippen molar-refractivity contribution < 1.29 is 0 Å². The Bertz CT molecular complexity index is 389. The van der Waals surface area contributed by atoms with Crippen LogP contribution in [0.5, 0.6) is 0 Å². The molecule has 0 amide bonds. The lowest BCUT2D eigenvalue weighted by molar-refractivity contribution is 0.150. The molecule has 1 fully saturated rings. The summed E-state index contributed by atoms with van der Waals surface area (Å²) >= 11 is 0. The van der Waals surface area contributed by atoms with Gasteiger partial charge >= 0.3 is 0 Å². The summed E-state index contributed by atoms with van der Waals surface area (Å²) in [5, 5.41) is 0. The van der Waals surface area contributed by atoms with Crippen LogP contribution in [0, 0.1) is 5.92 Å².